The van der Waals surface area contributed by atoms with Crippen molar-refractivity contribution in [2.75, 3.05) is 6.54 Å². The molecule has 1 N–H and O–H groups in total. The van der Waals surface area contributed by atoms with Gasteiger partial charge in [-0.15, -0.1) is 0 Å². The summed E-state index contributed by atoms with van der Waals surface area (Å²) in [6, 6.07) is 1.71. The smallest absolute Gasteiger partial charge is 0.198 e. The van der Waals surface area contributed by atoms with Crippen LogP contribution in [-0.4, -0.2) is 16.3 Å². The summed E-state index contributed by atoms with van der Waals surface area (Å²) >= 11 is 12.2. The van der Waals surface area contributed by atoms with E-state index in [1.165, 1.54) is 0 Å². The molecule has 0 aromatic carbocycles. The molecule has 2 aromatic rings. The van der Waals surface area contributed by atoms with Crippen LogP contribution in [0.15, 0.2) is 22.9 Å². The molecule has 2 aromatic heterocycles. The summed E-state index contributed by atoms with van der Waals surface area (Å²) in [6.07, 6.45) is 3.18. The zero-order valence-corrected chi connectivity index (χ0v) is 11.1. The van der Waals surface area contributed by atoms with Gasteiger partial charge in [0.2, 0.25) is 0 Å². The third-order valence-corrected chi connectivity index (χ3v) is 3.17. The number of hydrogen-bond acceptors (Lipinski definition) is 3. The van der Waals surface area contributed by atoms with Crippen LogP contribution >= 0.6 is 23.2 Å². The molecule has 2 rings (SSSR count). The predicted molar refractivity (Wildman–Crippen MR) is 67.5 cm³/mol. The van der Waals surface area contributed by atoms with E-state index < -0.39 is 0 Å². The van der Waals surface area contributed by atoms with E-state index in [1.54, 1.807) is 17.1 Å². The highest BCUT2D eigenvalue weighted by molar-refractivity contribution is 6.31. The fourth-order valence-electron chi connectivity index (χ4n) is 1.81. The summed E-state index contributed by atoms with van der Waals surface area (Å²) in [4.78, 5) is 0. The number of rotatable bonds is 4. The standard InChI is InChI=1S/C11H13Cl2N3O/c1-3-14-9(7-4-5-17-11(7)13)10-8(12)6-15-16(10)2/h4-6,9,14H,3H2,1-2H3. The molecule has 0 radical (unpaired) electrons. The molecule has 4 nitrogen and oxygen atoms in total. The number of nitrogens with one attached hydrogen (secondary N) is 1. The van der Waals surface area contributed by atoms with Gasteiger partial charge in [-0.05, 0) is 24.2 Å². The Labute approximate surface area is 110 Å². The minimum atomic E-state index is -0.119. The van der Waals surface area contributed by atoms with Crippen LogP contribution in [0, 0.1) is 0 Å². The monoisotopic (exact) mass is 273 g/mol. The maximum absolute atomic E-state index is 6.15. The second-order valence-electron chi connectivity index (χ2n) is 3.64. The van der Waals surface area contributed by atoms with Crippen LogP contribution in [0.3, 0.4) is 0 Å². The Balaban J connectivity index is 2.46. The molecule has 0 amide bonds. The maximum atomic E-state index is 6.15. The molecule has 6 heteroatoms. The van der Waals surface area contributed by atoms with Crippen molar-refractivity contribution in [1.82, 2.24) is 15.1 Å². The van der Waals surface area contributed by atoms with Gasteiger partial charge in [-0.25, -0.2) is 0 Å². The number of aryl methyl sites for hydroxylation is 1. The van der Waals surface area contributed by atoms with Crippen LogP contribution in [0.25, 0.3) is 0 Å². The van der Waals surface area contributed by atoms with Crippen molar-refractivity contribution in [3.8, 4) is 0 Å². The van der Waals surface area contributed by atoms with Crippen LogP contribution in [0.5, 0.6) is 0 Å². The third kappa shape index (κ3) is 2.34. The zero-order valence-electron chi connectivity index (χ0n) is 9.58. The van der Waals surface area contributed by atoms with Crippen molar-refractivity contribution < 1.29 is 4.42 Å². The normalized spacial score (nSPS) is 12.9. The van der Waals surface area contributed by atoms with Gasteiger partial charge in [0.1, 0.15) is 0 Å². The number of aromatic nitrogens is 2. The second-order valence-corrected chi connectivity index (χ2v) is 4.39. The molecule has 0 saturated carbocycles. The molecule has 0 bridgehead atoms. The Morgan fingerprint density at radius 2 is 2.29 bits per heavy atom. The number of furan rings is 1. The minimum Gasteiger partial charge on any atom is -0.453 e. The van der Waals surface area contributed by atoms with Gasteiger partial charge >= 0.3 is 0 Å². The van der Waals surface area contributed by atoms with Gasteiger partial charge in [0.25, 0.3) is 0 Å². The summed E-state index contributed by atoms with van der Waals surface area (Å²) < 4.78 is 6.86. The molecule has 0 aliphatic heterocycles. The van der Waals surface area contributed by atoms with Crippen molar-refractivity contribution in [1.29, 1.82) is 0 Å². The minimum absolute atomic E-state index is 0.119. The second kappa shape index (κ2) is 5.12. The van der Waals surface area contributed by atoms with Crippen LogP contribution in [-0.2, 0) is 7.05 Å². The van der Waals surface area contributed by atoms with Crippen molar-refractivity contribution >= 4 is 23.2 Å². The summed E-state index contributed by atoms with van der Waals surface area (Å²) in [5.74, 6) is 0. The summed E-state index contributed by atoms with van der Waals surface area (Å²) in [6.45, 7) is 2.80. The summed E-state index contributed by atoms with van der Waals surface area (Å²) in [5, 5.41) is 8.43. The van der Waals surface area contributed by atoms with Gasteiger partial charge in [-0.1, -0.05) is 18.5 Å². The molecule has 92 valence electrons. The van der Waals surface area contributed by atoms with Crippen molar-refractivity contribution in [3.63, 3.8) is 0 Å². The molecule has 0 aliphatic rings. The summed E-state index contributed by atoms with van der Waals surface area (Å²) in [7, 11) is 1.85. The van der Waals surface area contributed by atoms with E-state index in [1.807, 2.05) is 20.0 Å². The first-order valence-corrected chi connectivity index (χ1v) is 6.04. The fourth-order valence-corrected chi connectivity index (χ4v) is 2.31. The first-order chi connectivity index (χ1) is 8.15. The van der Waals surface area contributed by atoms with E-state index >= 15 is 0 Å². The van der Waals surface area contributed by atoms with E-state index in [4.69, 9.17) is 27.6 Å². The fraction of sp³-hybridized carbons (Fsp3) is 0.364. The average Bonchev–Trinajstić information content (AvgIpc) is 2.84. The van der Waals surface area contributed by atoms with Gasteiger partial charge < -0.3 is 9.73 Å². The highest BCUT2D eigenvalue weighted by Gasteiger charge is 2.23. The lowest BCUT2D eigenvalue weighted by molar-refractivity contribution is 0.542. The first-order valence-electron chi connectivity index (χ1n) is 5.28. The molecule has 17 heavy (non-hydrogen) atoms. The topological polar surface area (TPSA) is 43.0 Å². The molecule has 0 saturated heterocycles. The van der Waals surface area contributed by atoms with Crippen molar-refractivity contribution in [2.24, 2.45) is 7.05 Å². The average molecular weight is 274 g/mol. The molecule has 0 spiro atoms. The lowest BCUT2D eigenvalue weighted by atomic mass is 10.1. The highest BCUT2D eigenvalue weighted by atomic mass is 35.5. The van der Waals surface area contributed by atoms with Gasteiger partial charge in [0.05, 0.1) is 29.2 Å². The van der Waals surface area contributed by atoms with E-state index in [0.717, 1.165) is 17.8 Å². The van der Waals surface area contributed by atoms with E-state index in [0.29, 0.717) is 10.2 Å². The quantitative estimate of drug-likeness (QED) is 0.931. The van der Waals surface area contributed by atoms with Crippen LogP contribution in [0.2, 0.25) is 10.2 Å². The molecule has 1 atom stereocenters. The lowest BCUT2D eigenvalue weighted by Gasteiger charge is -2.17. The summed E-state index contributed by atoms with van der Waals surface area (Å²) in [5.41, 5.74) is 1.73. The van der Waals surface area contributed by atoms with Crippen molar-refractivity contribution in [3.05, 3.63) is 40.0 Å². The molecule has 0 aliphatic carbocycles. The molecular formula is C11H13Cl2N3O. The van der Waals surface area contributed by atoms with E-state index in [-0.39, 0.29) is 6.04 Å². The molecular weight excluding hydrogens is 261 g/mol. The number of nitrogens with zero attached hydrogens (tertiary/aromatic N) is 2. The van der Waals surface area contributed by atoms with Gasteiger partial charge in [0.15, 0.2) is 5.22 Å². The largest absolute Gasteiger partial charge is 0.453 e. The number of hydrogen-bond donors (Lipinski definition) is 1. The van der Waals surface area contributed by atoms with Crippen LogP contribution < -0.4 is 5.32 Å². The zero-order chi connectivity index (χ0) is 12.4. The lowest BCUT2D eigenvalue weighted by Crippen LogP contribution is -2.24. The van der Waals surface area contributed by atoms with E-state index in [9.17, 15) is 0 Å². The van der Waals surface area contributed by atoms with Gasteiger partial charge in [-0.2, -0.15) is 5.10 Å². The molecule has 1 unspecified atom stereocenters. The Morgan fingerprint density at radius 3 is 2.76 bits per heavy atom. The third-order valence-electron chi connectivity index (χ3n) is 2.58. The van der Waals surface area contributed by atoms with Crippen molar-refractivity contribution in [2.45, 2.75) is 13.0 Å². The Hall–Kier alpha value is -0.970. The number of halogens is 2. The Kier molecular flexibility index (Phi) is 3.76. The molecule has 2 heterocycles. The predicted octanol–water partition coefficient (Wildman–Crippen LogP) is 3.02. The maximum Gasteiger partial charge on any atom is 0.198 e. The first kappa shape index (κ1) is 12.5. The SMILES string of the molecule is CCNC(c1ccoc1Cl)c1c(Cl)cnn1C. The van der Waals surface area contributed by atoms with Gasteiger partial charge in [0, 0.05) is 12.6 Å². The van der Waals surface area contributed by atoms with Crippen LogP contribution in [0.4, 0.5) is 0 Å². The Bertz CT molecular complexity index is 487. The molecule has 0 fully saturated rings. The van der Waals surface area contributed by atoms with E-state index in [2.05, 4.69) is 10.4 Å². The van der Waals surface area contributed by atoms with Gasteiger partial charge in [-0.3, -0.25) is 4.68 Å². The highest BCUT2D eigenvalue weighted by Crippen LogP contribution is 2.32. The van der Waals surface area contributed by atoms with Crippen LogP contribution in [0.1, 0.15) is 24.2 Å². The Morgan fingerprint density at radius 1 is 1.53 bits per heavy atom.